The third kappa shape index (κ3) is 4.78. The number of aryl methyl sites for hydroxylation is 1. The molecule has 0 aliphatic carbocycles. The highest BCUT2D eigenvalue weighted by atomic mass is 35.5. The summed E-state index contributed by atoms with van der Waals surface area (Å²) in [4.78, 5) is 10.7. The van der Waals surface area contributed by atoms with Crippen LogP contribution in [0.1, 0.15) is 28.7 Å². The lowest BCUT2D eigenvalue weighted by atomic mass is 9.75. The Hall–Kier alpha value is -2.96. The number of benzene rings is 3. The van der Waals surface area contributed by atoms with Gasteiger partial charge in [0.15, 0.2) is 0 Å². The van der Waals surface area contributed by atoms with E-state index in [-0.39, 0.29) is 0 Å². The van der Waals surface area contributed by atoms with E-state index in [1.165, 1.54) is 0 Å². The van der Waals surface area contributed by atoms with Crippen molar-refractivity contribution in [1.29, 1.82) is 0 Å². The highest BCUT2D eigenvalue weighted by Gasteiger charge is 2.47. The van der Waals surface area contributed by atoms with Crippen molar-refractivity contribution < 1.29 is 5.11 Å². The highest BCUT2D eigenvalue weighted by molar-refractivity contribution is 6.30. The molecule has 2 heterocycles. The Kier molecular flexibility index (Phi) is 7.02. The summed E-state index contributed by atoms with van der Waals surface area (Å²) in [7, 11) is 0. The number of hydrogen-bond donors (Lipinski definition) is 3. The maximum atomic E-state index is 12.5. The largest absolute Gasteiger partial charge is 0.384 e. The van der Waals surface area contributed by atoms with Crippen molar-refractivity contribution in [2.24, 2.45) is 0 Å². The molecule has 5 rings (SSSR count). The number of piperazine rings is 1. The first-order valence-corrected chi connectivity index (χ1v) is 12.5. The van der Waals surface area contributed by atoms with Crippen molar-refractivity contribution in [1.82, 2.24) is 20.2 Å². The average Bonchev–Trinajstić information content (AvgIpc) is 3.30. The number of H-pyrrole nitrogens is 1. The van der Waals surface area contributed by atoms with E-state index >= 15 is 0 Å². The molecule has 3 N–H and O–H groups in total. The number of rotatable bonds is 7. The number of aromatic amines is 1. The first-order valence-electron chi connectivity index (χ1n) is 12.1. The molecule has 1 fully saturated rings. The second kappa shape index (κ2) is 10.3. The number of aliphatic hydroxyl groups is 1. The van der Waals surface area contributed by atoms with Crippen molar-refractivity contribution in [2.75, 3.05) is 26.2 Å². The van der Waals surface area contributed by atoms with Gasteiger partial charge in [-0.1, -0.05) is 84.4 Å². The number of nitrogens with zero attached hydrogens (tertiary/aromatic N) is 2. The molecule has 0 spiro atoms. The zero-order chi connectivity index (χ0) is 24.3. The third-order valence-electron chi connectivity index (χ3n) is 6.97. The van der Waals surface area contributed by atoms with Gasteiger partial charge in [-0.3, -0.25) is 4.90 Å². The van der Waals surface area contributed by atoms with Crippen LogP contribution in [0.2, 0.25) is 5.02 Å². The van der Waals surface area contributed by atoms with Crippen molar-refractivity contribution in [2.45, 2.75) is 25.0 Å². The van der Waals surface area contributed by atoms with Crippen LogP contribution in [0.4, 0.5) is 0 Å². The Labute approximate surface area is 211 Å². The van der Waals surface area contributed by atoms with Crippen LogP contribution in [-0.2, 0) is 12.0 Å². The summed E-state index contributed by atoms with van der Waals surface area (Å²) in [6.07, 6.45) is -0.221. The molecule has 180 valence electrons. The van der Waals surface area contributed by atoms with E-state index in [2.05, 4.69) is 51.6 Å². The summed E-state index contributed by atoms with van der Waals surface area (Å²) in [5, 5.41) is 16.6. The standard InChI is InChI=1S/C29H31ClN4O/c1-21-32-26(23-10-6-3-7-11-23)27(33-21)28(35)29(34-18-16-31-17-19-34,20-22-8-4-2-5-9-22)24-12-14-25(30)15-13-24/h2-15,28,31,35H,16-20H2,1H3,(H,32,33). The van der Waals surface area contributed by atoms with Gasteiger partial charge < -0.3 is 15.4 Å². The molecular weight excluding hydrogens is 456 g/mol. The fourth-order valence-electron chi connectivity index (χ4n) is 5.30. The van der Waals surface area contributed by atoms with Gasteiger partial charge in [0, 0.05) is 36.8 Å². The number of aliphatic hydroxyl groups excluding tert-OH is 1. The molecule has 0 amide bonds. The zero-order valence-corrected chi connectivity index (χ0v) is 20.7. The molecule has 0 bridgehead atoms. The van der Waals surface area contributed by atoms with Gasteiger partial charge in [0.25, 0.3) is 0 Å². The molecule has 6 heteroatoms. The van der Waals surface area contributed by atoms with Crippen LogP contribution >= 0.6 is 11.6 Å². The van der Waals surface area contributed by atoms with Crippen molar-refractivity contribution >= 4 is 11.6 Å². The van der Waals surface area contributed by atoms with Gasteiger partial charge in [0.2, 0.25) is 0 Å². The van der Waals surface area contributed by atoms with Crippen molar-refractivity contribution in [3.05, 3.63) is 113 Å². The van der Waals surface area contributed by atoms with Crippen LogP contribution in [-0.4, -0.2) is 46.2 Å². The molecule has 0 saturated carbocycles. The SMILES string of the molecule is Cc1nc(-c2ccccc2)c(C(O)C(Cc2ccccc2)(c2ccc(Cl)cc2)N2CCNCC2)[nH]1. The van der Waals surface area contributed by atoms with E-state index in [1.807, 2.05) is 55.5 Å². The van der Waals surface area contributed by atoms with Gasteiger partial charge in [-0.25, -0.2) is 4.98 Å². The topological polar surface area (TPSA) is 64.2 Å². The molecular formula is C29H31ClN4O. The first-order chi connectivity index (χ1) is 17.1. The lowest BCUT2D eigenvalue weighted by molar-refractivity contribution is -0.0477. The zero-order valence-electron chi connectivity index (χ0n) is 19.9. The van der Waals surface area contributed by atoms with Crippen molar-refractivity contribution in [3.8, 4) is 11.3 Å². The first kappa shape index (κ1) is 23.8. The van der Waals surface area contributed by atoms with Crippen LogP contribution in [0.5, 0.6) is 0 Å². The minimum Gasteiger partial charge on any atom is -0.384 e. The molecule has 35 heavy (non-hydrogen) atoms. The number of nitrogens with one attached hydrogen (secondary N) is 2. The van der Waals surface area contributed by atoms with Gasteiger partial charge in [0.05, 0.1) is 16.9 Å². The molecule has 4 aromatic rings. The Morgan fingerprint density at radius 1 is 0.943 bits per heavy atom. The summed E-state index contributed by atoms with van der Waals surface area (Å²) in [5.41, 5.74) is 3.98. The molecule has 1 saturated heterocycles. The Bertz CT molecular complexity index is 1240. The number of halogens is 1. The molecule has 1 aliphatic rings. The second-order valence-electron chi connectivity index (χ2n) is 9.18. The Balaban J connectivity index is 1.72. The predicted octanol–water partition coefficient (Wildman–Crippen LogP) is 5.12. The Morgan fingerprint density at radius 3 is 2.23 bits per heavy atom. The summed E-state index contributed by atoms with van der Waals surface area (Å²) in [6, 6.07) is 28.4. The average molecular weight is 487 g/mol. The van der Waals surface area contributed by atoms with Crippen LogP contribution in [0.25, 0.3) is 11.3 Å². The van der Waals surface area contributed by atoms with E-state index in [0.717, 1.165) is 60.1 Å². The van der Waals surface area contributed by atoms with E-state index in [0.29, 0.717) is 11.4 Å². The molecule has 2 unspecified atom stereocenters. The molecule has 2 atom stereocenters. The number of imidazole rings is 1. The molecule has 1 aliphatic heterocycles. The van der Waals surface area contributed by atoms with Gasteiger partial charge in [-0.15, -0.1) is 0 Å². The maximum absolute atomic E-state index is 12.5. The van der Waals surface area contributed by atoms with E-state index in [1.54, 1.807) is 0 Å². The fourth-order valence-corrected chi connectivity index (χ4v) is 5.42. The minimum absolute atomic E-state index is 0.642. The molecule has 1 aromatic heterocycles. The van der Waals surface area contributed by atoms with E-state index in [4.69, 9.17) is 16.6 Å². The third-order valence-corrected chi connectivity index (χ3v) is 7.22. The smallest absolute Gasteiger partial charge is 0.119 e. The van der Waals surface area contributed by atoms with Gasteiger partial charge >= 0.3 is 0 Å². The van der Waals surface area contributed by atoms with Gasteiger partial charge in [0.1, 0.15) is 11.9 Å². The number of hydrogen-bond acceptors (Lipinski definition) is 4. The van der Waals surface area contributed by atoms with Crippen LogP contribution in [0, 0.1) is 6.92 Å². The van der Waals surface area contributed by atoms with Crippen LogP contribution < -0.4 is 5.32 Å². The predicted molar refractivity (Wildman–Crippen MR) is 141 cm³/mol. The van der Waals surface area contributed by atoms with Crippen LogP contribution in [0.15, 0.2) is 84.9 Å². The van der Waals surface area contributed by atoms with Gasteiger partial charge in [-0.2, -0.15) is 0 Å². The minimum atomic E-state index is -0.863. The summed E-state index contributed by atoms with van der Waals surface area (Å²) < 4.78 is 0. The number of aromatic nitrogens is 2. The molecule has 5 nitrogen and oxygen atoms in total. The highest BCUT2D eigenvalue weighted by Crippen LogP contribution is 2.45. The monoisotopic (exact) mass is 486 g/mol. The summed E-state index contributed by atoms with van der Waals surface area (Å²) in [6.45, 7) is 5.31. The lowest BCUT2D eigenvalue weighted by Gasteiger charge is -2.49. The van der Waals surface area contributed by atoms with E-state index in [9.17, 15) is 5.11 Å². The maximum Gasteiger partial charge on any atom is 0.119 e. The molecule has 0 radical (unpaired) electrons. The fraction of sp³-hybridized carbons (Fsp3) is 0.276. The van der Waals surface area contributed by atoms with Crippen molar-refractivity contribution in [3.63, 3.8) is 0 Å². The Morgan fingerprint density at radius 2 is 1.57 bits per heavy atom. The van der Waals surface area contributed by atoms with Crippen LogP contribution in [0.3, 0.4) is 0 Å². The summed E-state index contributed by atoms with van der Waals surface area (Å²) >= 11 is 6.31. The van der Waals surface area contributed by atoms with E-state index < -0.39 is 11.6 Å². The quantitative estimate of drug-likeness (QED) is 0.339. The summed E-state index contributed by atoms with van der Waals surface area (Å²) in [5.74, 6) is 0.780. The second-order valence-corrected chi connectivity index (χ2v) is 9.62. The molecule has 3 aromatic carbocycles. The van der Waals surface area contributed by atoms with Gasteiger partial charge in [-0.05, 0) is 36.6 Å². The lowest BCUT2D eigenvalue weighted by Crippen LogP contribution is -2.58. The normalized spacial score (nSPS) is 17.1.